The van der Waals surface area contributed by atoms with Crippen molar-refractivity contribution in [3.63, 3.8) is 0 Å². The standard InChI is InChI=1S/C19H22N6/c20-17-18(24-13-6-2-1-3-7-13)22-12-23-19(17)25-16-10-4-9-15-14(16)8-5-11-21-15/h4-5,8-13H,1-3,6-7,20H2,(H2,22,23,24,25). The van der Waals surface area contributed by atoms with Gasteiger partial charge in [-0.15, -0.1) is 0 Å². The average molecular weight is 334 g/mol. The lowest BCUT2D eigenvalue weighted by atomic mass is 9.95. The Bertz CT molecular complexity index is 867. The van der Waals surface area contributed by atoms with Gasteiger partial charge in [0.05, 0.1) is 5.52 Å². The molecule has 1 aromatic carbocycles. The summed E-state index contributed by atoms with van der Waals surface area (Å²) in [6.07, 6.45) is 9.51. The van der Waals surface area contributed by atoms with Crippen molar-refractivity contribution < 1.29 is 0 Å². The summed E-state index contributed by atoms with van der Waals surface area (Å²) < 4.78 is 0. The summed E-state index contributed by atoms with van der Waals surface area (Å²) in [5, 5.41) is 7.85. The Balaban J connectivity index is 1.61. The van der Waals surface area contributed by atoms with E-state index in [0.29, 0.717) is 23.4 Å². The zero-order chi connectivity index (χ0) is 17.1. The van der Waals surface area contributed by atoms with Crippen LogP contribution in [-0.4, -0.2) is 21.0 Å². The lowest BCUT2D eigenvalue weighted by Gasteiger charge is -2.24. The van der Waals surface area contributed by atoms with E-state index < -0.39 is 0 Å². The van der Waals surface area contributed by atoms with Crippen molar-refractivity contribution >= 4 is 33.9 Å². The summed E-state index contributed by atoms with van der Waals surface area (Å²) in [7, 11) is 0. The highest BCUT2D eigenvalue weighted by atomic mass is 15.1. The summed E-state index contributed by atoms with van der Waals surface area (Å²) in [6, 6.07) is 10.4. The van der Waals surface area contributed by atoms with Gasteiger partial charge in [0.15, 0.2) is 11.6 Å². The SMILES string of the molecule is Nc1c(Nc2cccc3ncccc23)ncnc1NC1CCCCC1. The van der Waals surface area contributed by atoms with Gasteiger partial charge < -0.3 is 16.4 Å². The number of nitrogens with two attached hydrogens (primary N) is 1. The molecule has 2 aromatic heterocycles. The Kier molecular flexibility index (Phi) is 4.33. The second-order valence-electron chi connectivity index (χ2n) is 6.46. The van der Waals surface area contributed by atoms with E-state index in [9.17, 15) is 0 Å². The van der Waals surface area contributed by atoms with Gasteiger partial charge in [0.1, 0.15) is 12.0 Å². The smallest absolute Gasteiger partial charge is 0.159 e. The topological polar surface area (TPSA) is 88.8 Å². The van der Waals surface area contributed by atoms with Crippen LogP contribution < -0.4 is 16.4 Å². The number of hydrogen-bond acceptors (Lipinski definition) is 6. The van der Waals surface area contributed by atoms with E-state index >= 15 is 0 Å². The fourth-order valence-electron chi connectivity index (χ4n) is 3.39. The number of fused-ring (bicyclic) bond motifs is 1. The van der Waals surface area contributed by atoms with E-state index in [-0.39, 0.29) is 0 Å². The highest BCUT2D eigenvalue weighted by Gasteiger charge is 2.16. The normalized spacial score (nSPS) is 15.2. The molecule has 0 atom stereocenters. The van der Waals surface area contributed by atoms with Crippen molar-refractivity contribution in [1.82, 2.24) is 15.0 Å². The molecule has 6 nitrogen and oxygen atoms in total. The highest BCUT2D eigenvalue weighted by Crippen LogP contribution is 2.31. The Hall–Kier alpha value is -2.89. The predicted octanol–water partition coefficient (Wildman–Crippen LogP) is 4.10. The van der Waals surface area contributed by atoms with Crippen LogP contribution in [0.4, 0.5) is 23.0 Å². The first kappa shape index (κ1) is 15.6. The zero-order valence-electron chi connectivity index (χ0n) is 14.1. The third kappa shape index (κ3) is 3.33. The third-order valence-corrected chi connectivity index (χ3v) is 4.73. The molecule has 1 saturated carbocycles. The van der Waals surface area contributed by atoms with Crippen molar-refractivity contribution in [3.05, 3.63) is 42.9 Å². The molecule has 1 aliphatic carbocycles. The summed E-state index contributed by atoms with van der Waals surface area (Å²) in [4.78, 5) is 13.0. The first-order valence-corrected chi connectivity index (χ1v) is 8.79. The largest absolute Gasteiger partial charge is 0.393 e. The van der Waals surface area contributed by atoms with Crippen LogP contribution >= 0.6 is 0 Å². The van der Waals surface area contributed by atoms with Gasteiger partial charge in [-0.3, -0.25) is 4.98 Å². The van der Waals surface area contributed by atoms with Crippen LogP contribution in [0.3, 0.4) is 0 Å². The van der Waals surface area contributed by atoms with E-state index in [1.807, 2.05) is 30.3 Å². The number of nitrogens with zero attached hydrogens (tertiary/aromatic N) is 3. The minimum absolute atomic E-state index is 0.445. The third-order valence-electron chi connectivity index (χ3n) is 4.73. The zero-order valence-corrected chi connectivity index (χ0v) is 14.1. The van der Waals surface area contributed by atoms with E-state index in [2.05, 4.69) is 25.6 Å². The van der Waals surface area contributed by atoms with Crippen LogP contribution in [0.1, 0.15) is 32.1 Å². The molecular formula is C19H22N6. The molecule has 2 heterocycles. The fraction of sp³-hybridized carbons (Fsp3) is 0.316. The van der Waals surface area contributed by atoms with Crippen molar-refractivity contribution in [2.45, 2.75) is 38.1 Å². The quantitative estimate of drug-likeness (QED) is 0.666. The van der Waals surface area contributed by atoms with E-state index in [1.54, 1.807) is 12.5 Å². The number of hydrogen-bond donors (Lipinski definition) is 3. The Morgan fingerprint density at radius 2 is 1.76 bits per heavy atom. The number of benzene rings is 1. The summed E-state index contributed by atoms with van der Waals surface area (Å²) in [5.41, 5.74) is 8.74. The molecule has 0 saturated heterocycles. The Labute approximate surface area is 146 Å². The summed E-state index contributed by atoms with van der Waals surface area (Å²) in [5.74, 6) is 1.33. The van der Waals surface area contributed by atoms with Crippen molar-refractivity contribution in [2.24, 2.45) is 0 Å². The molecule has 0 aliphatic heterocycles. The molecule has 3 aromatic rings. The number of anilines is 4. The lowest BCUT2D eigenvalue weighted by Crippen LogP contribution is -2.23. The summed E-state index contributed by atoms with van der Waals surface area (Å²) >= 11 is 0. The van der Waals surface area contributed by atoms with Gasteiger partial charge in [-0.2, -0.15) is 0 Å². The van der Waals surface area contributed by atoms with Gasteiger partial charge in [0.25, 0.3) is 0 Å². The van der Waals surface area contributed by atoms with Crippen LogP contribution in [0, 0.1) is 0 Å². The minimum atomic E-state index is 0.445. The molecule has 0 unspecified atom stereocenters. The maximum Gasteiger partial charge on any atom is 0.159 e. The van der Waals surface area contributed by atoms with Gasteiger partial charge in [0.2, 0.25) is 0 Å². The number of nitrogens with one attached hydrogen (secondary N) is 2. The molecule has 4 N–H and O–H groups in total. The van der Waals surface area contributed by atoms with Crippen LogP contribution in [0.5, 0.6) is 0 Å². The maximum absolute atomic E-state index is 6.33. The van der Waals surface area contributed by atoms with Crippen molar-refractivity contribution in [1.29, 1.82) is 0 Å². The molecule has 0 amide bonds. The molecule has 25 heavy (non-hydrogen) atoms. The van der Waals surface area contributed by atoms with Crippen molar-refractivity contribution in [2.75, 3.05) is 16.4 Å². The minimum Gasteiger partial charge on any atom is -0.393 e. The van der Waals surface area contributed by atoms with E-state index in [1.165, 1.54) is 32.1 Å². The molecule has 0 bridgehead atoms. The number of rotatable bonds is 4. The Morgan fingerprint density at radius 1 is 0.920 bits per heavy atom. The fourth-order valence-corrected chi connectivity index (χ4v) is 3.39. The van der Waals surface area contributed by atoms with Crippen molar-refractivity contribution in [3.8, 4) is 0 Å². The second-order valence-corrected chi connectivity index (χ2v) is 6.46. The monoisotopic (exact) mass is 334 g/mol. The summed E-state index contributed by atoms with van der Waals surface area (Å²) in [6.45, 7) is 0. The maximum atomic E-state index is 6.33. The van der Waals surface area contributed by atoms with Gasteiger partial charge in [-0.25, -0.2) is 9.97 Å². The number of pyridine rings is 1. The van der Waals surface area contributed by atoms with E-state index in [4.69, 9.17) is 5.73 Å². The molecular weight excluding hydrogens is 312 g/mol. The van der Waals surface area contributed by atoms with Gasteiger partial charge >= 0.3 is 0 Å². The molecule has 1 aliphatic rings. The molecule has 128 valence electrons. The highest BCUT2D eigenvalue weighted by molar-refractivity contribution is 5.94. The number of aromatic nitrogens is 3. The lowest BCUT2D eigenvalue weighted by molar-refractivity contribution is 0.462. The average Bonchev–Trinajstić information content (AvgIpc) is 2.66. The second kappa shape index (κ2) is 6.93. The van der Waals surface area contributed by atoms with Crippen LogP contribution in [0.25, 0.3) is 10.9 Å². The van der Waals surface area contributed by atoms with Crippen LogP contribution in [-0.2, 0) is 0 Å². The van der Waals surface area contributed by atoms with Gasteiger partial charge in [-0.05, 0) is 37.1 Å². The molecule has 0 radical (unpaired) electrons. The van der Waals surface area contributed by atoms with E-state index in [0.717, 1.165) is 16.6 Å². The molecule has 6 heteroatoms. The first-order chi connectivity index (χ1) is 12.3. The molecule has 1 fully saturated rings. The van der Waals surface area contributed by atoms with Crippen LogP contribution in [0.2, 0.25) is 0 Å². The first-order valence-electron chi connectivity index (χ1n) is 8.79. The molecule has 4 rings (SSSR count). The van der Waals surface area contributed by atoms with Gasteiger partial charge in [-0.1, -0.05) is 25.3 Å². The van der Waals surface area contributed by atoms with Gasteiger partial charge in [0, 0.05) is 23.3 Å². The number of nitrogen functional groups attached to an aromatic ring is 1. The molecule has 0 spiro atoms. The van der Waals surface area contributed by atoms with Crippen LogP contribution in [0.15, 0.2) is 42.9 Å². The Morgan fingerprint density at radius 3 is 2.64 bits per heavy atom. The predicted molar refractivity (Wildman–Crippen MR) is 102 cm³/mol.